The second-order valence-corrected chi connectivity index (χ2v) is 8.27. The third-order valence-corrected chi connectivity index (χ3v) is 5.37. The molecule has 0 bridgehead atoms. The molecule has 0 aliphatic heterocycles. The zero-order valence-electron chi connectivity index (χ0n) is 13.6. The van der Waals surface area contributed by atoms with E-state index in [2.05, 4.69) is 6.58 Å². The zero-order valence-corrected chi connectivity index (χ0v) is 14.5. The molecule has 0 fully saturated rings. The van der Waals surface area contributed by atoms with Crippen LogP contribution < -0.4 is 0 Å². The van der Waals surface area contributed by atoms with Gasteiger partial charge in [0.2, 0.25) is 7.37 Å². The summed E-state index contributed by atoms with van der Waals surface area (Å²) in [7, 11) is -2.86. The minimum absolute atomic E-state index is 0.319. The minimum Gasteiger partial charge on any atom is -0.462 e. The Balaban J connectivity index is 3.39. The molecule has 5 heteroatoms. The van der Waals surface area contributed by atoms with E-state index in [4.69, 9.17) is 4.74 Å². The molecule has 0 aliphatic carbocycles. The van der Waals surface area contributed by atoms with Gasteiger partial charge >= 0.3 is 5.97 Å². The van der Waals surface area contributed by atoms with E-state index in [0.29, 0.717) is 24.5 Å². The van der Waals surface area contributed by atoms with Crippen LogP contribution in [0, 0.1) is 0 Å². The fourth-order valence-electron chi connectivity index (χ4n) is 1.97. The molecular weight excluding hydrogens is 287 g/mol. The number of esters is 1. The van der Waals surface area contributed by atoms with Crippen molar-refractivity contribution in [2.45, 2.75) is 65.2 Å². The van der Waals surface area contributed by atoms with Crippen molar-refractivity contribution in [2.24, 2.45) is 0 Å². The highest BCUT2D eigenvalue weighted by atomic mass is 31.2. The van der Waals surface area contributed by atoms with E-state index < -0.39 is 7.37 Å². The number of rotatable bonds is 13. The Morgan fingerprint density at radius 2 is 1.57 bits per heavy atom. The molecule has 1 atom stereocenters. The van der Waals surface area contributed by atoms with Crippen molar-refractivity contribution in [1.82, 2.24) is 0 Å². The van der Waals surface area contributed by atoms with Crippen molar-refractivity contribution in [2.75, 3.05) is 18.9 Å². The van der Waals surface area contributed by atoms with Gasteiger partial charge in [-0.05, 0) is 26.2 Å². The molecule has 0 spiro atoms. The molecule has 0 aliphatic rings. The van der Waals surface area contributed by atoms with Gasteiger partial charge < -0.3 is 9.63 Å². The summed E-state index contributed by atoms with van der Waals surface area (Å²) in [5.74, 6) is -0.319. The van der Waals surface area contributed by atoms with E-state index in [-0.39, 0.29) is 5.97 Å². The van der Waals surface area contributed by atoms with Crippen LogP contribution >= 0.6 is 7.37 Å². The Kier molecular flexibility index (Phi) is 11.7. The minimum atomic E-state index is -2.86. The molecule has 1 unspecified atom stereocenters. The molecule has 0 heterocycles. The molecule has 0 aromatic carbocycles. The van der Waals surface area contributed by atoms with Crippen LogP contribution in [-0.2, 0) is 14.1 Å². The van der Waals surface area contributed by atoms with Crippen molar-refractivity contribution in [3.05, 3.63) is 12.2 Å². The van der Waals surface area contributed by atoms with Gasteiger partial charge in [0.1, 0.15) is 0 Å². The summed E-state index contributed by atoms with van der Waals surface area (Å²) >= 11 is 0. The lowest BCUT2D eigenvalue weighted by Crippen LogP contribution is -2.06. The second-order valence-electron chi connectivity index (χ2n) is 5.68. The van der Waals surface area contributed by atoms with Crippen LogP contribution in [0.1, 0.15) is 65.2 Å². The molecule has 124 valence electrons. The predicted octanol–water partition coefficient (Wildman–Crippen LogP) is 4.52. The maximum atomic E-state index is 11.8. The summed E-state index contributed by atoms with van der Waals surface area (Å²) in [4.78, 5) is 20.8. The highest BCUT2D eigenvalue weighted by Crippen LogP contribution is 2.42. The third-order valence-electron chi connectivity index (χ3n) is 3.34. The first-order chi connectivity index (χ1) is 9.89. The molecule has 4 nitrogen and oxygen atoms in total. The SMILES string of the molecule is C=C(C)C(=O)OCCCCCCCCP(=O)(O)CCCC. The van der Waals surface area contributed by atoms with E-state index in [1.165, 1.54) is 0 Å². The van der Waals surface area contributed by atoms with Crippen molar-refractivity contribution in [1.29, 1.82) is 0 Å². The third kappa shape index (κ3) is 12.8. The zero-order chi connectivity index (χ0) is 16.1. The van der Waals surface area contributed by atoms with Crippen LogP contribution in [0.3, 0.4) is 0 Å². The molecule has 0 aromatic rings. The van der Waals surface area contributed by atoms with Gasteiger partial charge in [0.05, 0.1) is 6.61 Å². The average molecular weight is 318 g/mol. The van der Waals surface area contributed by atoms with Crippen LogP contribution in [0.2, 0.25) is 0 Å². The van der Waals surface area contributed by atoms with Gasteiger partial charge in [0.15, 0.2) is 0 Å². The summed E-state index contributed by atoms with van der Waals surface area (Å²) in [6, 6.07) is 0. The molecule has 0 radical (unpaired) electrons. The lowest BCUT2D eigenvalue weighted by molar-refractivity contribution is -0.139. The fraction of sp³-hybridized carbons (Fsp3) is 0.812. The lowest BCUT2D eigenvalue weighted by Gasteiger charge is -2.10. The van der Waals surface area contributed by atoms with Crippen molar-refractivity contribution in [3.63, 3.8) is 0 Å². The topological polar surface area (TPSA) is 63.6 Å². The van der Waals surface area contributed by atoms with Crippen LogP contribution in [0.25, 0.3) is 0 Å². The molecule has 0 saturated carbocycles. The number of ether oxygens (including phenoxy) is 1. The van der Waals surface area contributed by atoms with E-state index in [1.807, 2.05) is 6.92 Å². The average Bonchev–Trinajstić information content (AvgIpc) is 2.43. The molecule has 21 heavy (non-hydrogen) atoms. The quantitative estimate of drug-likeness (QED) is 0.235. The standard InChI is InChI=1S/C16H31O4P/c1-4-5-13-21(18,19)14-11-9-7-6-8-10-12-20-16(17)15(2)3/h2,4-14H2,1,3H3,(H,18,19). The fourth-order valence-corrected chi connectivity index (χ4v) is 3.72. The van der Waals surface area contributed by atoms with Crippen molar-refractivity contribution in [3.8, 4) is 0 Å². The Bertz CT molecular complexity index is 352. The van der Waals surface area contributed by atoms with Gasteiger partial charge in [-0.25, -0.2) is 4.79 Å². The number of carbonyl (C=O) groups excluding carboxylic acids is 1. The lowest BCUT2D eigenvalue weighted by atomic mass is 10.1. The van der Waals surface area contributed by atoms with Gasteiger partial charge in [-0.3, -0.25) is 4.57 Å². The highest BCUT2D eigenvalue weighted by molar-refractivity contribution is 7.57. The van der Waals surface area contributed by atoms with Crippen LogP contribution in [-0.4, -0.2) is 29.8 Å². The van der Waals surface area contributed by atoms with Crippen LogP contribution in [0.4, 0.5) is 0 Å². The summed E-state index contributed by atoms with van der Waals surface area (Å²) in [5.41, 5.74) is 0.437. The smallest absolute Gasteiger partial charge is 0.333 e. The van der Waals surface area contributed by atoms with Crippen molar-refractivity contribution < 1.29 is 19.0 Å². The maximum Gasteiger partial charge on any atom is 0.333 e. The number of hydrogen-bond acceptors (Lipinski definition) is 3. The van der Waals surface area contributed by atoms with Gasteiger partial charge in [-0.1, -0.05) is 45.6 Å². The van der Waals surface area contributed by atoms with E-state index >= 15 is 0 Å². The molecule has 1 N–H and O–H groups in total. The van der Waals surface area contributed by atoms with Crippen molar-refractivity contribution >= 4 is 13.3 Å². The van der Waals surface area contributed by atoms with Crippen LogP contribution in [0.5, 0.6) is 0 Å². The number of unbranched alkanes of at least 4 members (excludes halogenated alkanes) is 6. The first-order valence-electron chi connectivity index (χ1n) is 8.02. The largest absolute Gasteiger partial charge is 0.462 e. The number of carbonyl (C=O) groups is 1. The molecule has 0 saturated heterocycles. The summed E-state index contributed by atoms with van der Waals surface area (Å²) in [6.07, 6.45) is 8.63. The first-order valence-corrected chi connectivity index (χ1v) is 10.1. The molecule has 0 aromatic heterocycles. The normalized spacial score (nSPS) is 13.7. The summed E-state index contributed by atoms with van der Waals surface area (Å²) in [6.45, 7) is 7.65. The molecule has 0 amide bonds. The number of hydrogen-bond donors (Lipinski definition) is 1. The first kappa shape index (κ1) is 20.4. The van der Waals surface area contributed by atoms with Gasteiger partial charge in [0.25, 0.3) is 0 Å². The second kappa shape index (κ2) is 12.0. The molecule has 0 rings (SSSR count). The van der Waals surface area contributed by atoms with E-state index in [0.717, 1.165) is 51.4 Å². The van der Waals surface area contributed by atoms with Gasteiger partial charge in [-0.15, -0.1) is 0 Å². The Labute approximate surface area is 129 Å². The Morgan fingerprint density at radius 3 is 2.14 bits per heavy atom. The van der Waals surface area contributed by atoms with Gasteiger partial charge in [0, 0.05) is 17.9 Å². The van der Waals surface area contributed by atoms with Gasteiger partial charge in [-0.2, -0.15) is 0 Å². The van der Waals surface area contributed by atoms with E-state index in [1.54, 1.807) is 6.92 Å². The van der Waals surface area contributed by atoms with Crippen LogP contribution in [0.15, 0.2) is 12.2 Å². The van der Waals surface area contributed by atoms with E-state index in [9.17, 15) is 14.3 Å². The predicted molar refractivity (Wildman–Crippen MR) is 87.9 cm³/mol. The monoisotopic (exact) mass is 318 g/mol. The highest BCUT2D eigenvalue weighted by Gasteiger charge is 2.15. The Hall–Kier alpha value is -0.600. The summed E-state index contributed by atoms with van der Waals surface area (Å²) in [5, 5.41) is 0. The maximum absolute atomic E-state index is 11.8. The molecular formula is C16H31O4P. The summed E-state index contributed by atoms with van der Waals surface area (Å²) < 4.78 is 16.8. The Morgan fingerprint density at radius 1 is 1.05 bits per heavy atom.